The lowest BCUT2D eigenvalue weighted by atomic mass is 9.96. The molecule has 0 aliphatic rings. The SMILES string of the molecule is CC(=O)c1ccc(S(=O)(=O)NNC(=O)C(C)c2ccc(CC(C)C)cc2)cc1. The number of benzene rings is 2. The summed E-state index contributed by atoms with van der Waals surface area (Å²) in [6.07, 6.45) is 0.961. The maximum Gasteiger partial charge on any atom is 0.257 e. The molecule has 7 heteroatoms. The van der Waals surface area contributed by atoms with Gasteiger partial charge in [-0.1, -0.05) is 50.2 Å². The van der Waals surface area contributed by atoms with Crippen molar-refractivity contribution in [1.29, 1.82) is 0 Å². The van der Waals surface area contributed by atoms with Gasteiger partial charge < -0.3 is 0 Å². The number of amides is 1. The van der Waals surface area contributed by atoms with Gasteiger partial charge in [-0.25, -0.2) is 8.42 Å². The molecule has 2 N–H and O–H groups in total. The largest absolute Gasteiger partial charge is 0.295 e. The first kappa shape index (κ1) is 21.8. The Morgan fingerprint density at radius 1 is 0.929 bits per heavy atom. The Bertz CT molecular complexity index is 933. The third-order valence-electron chi connectivity index (χ3n) is 4.40. The van der Waals surface area contributed by atoms with Gasteiger partial charge in [-0.3, -0.25) is 15.0 Å². The average molecular weight is 403 g/mol. The van der Waals surface area contributed by atoms with Gasteiger partial charge in [0.1, 0.15) is 0 Å². The molecule has 0 heterocycles. The maximum absolute atomic E-state index is 12.3. The Morgan fingerprint density at radius 2 is 1.50 bits per heavy atom. The lowest BCUT2D eigenvalue weighted by Crippen LogP contribution is -2.43. The molecule has 150 valence electrons. The Hall–Kier alpha value is -2.51. The van der Waals surface area contributed by atoms with Gasteiger partial charge in [0.2, 0.25) is 5.91 Å². The smallest absolute Gasteiger partial charge is 0.257 e. The number of hydrogen-bond acceptors (Lipinski definition) is 4. The minimum absolute atomic E-state index is 0.0384. The molecule has 0 spiro atoms. The number of carbonyl (C=O) groups excluding carboxylic acids is 2. The topological polar surface area (TPSA) is 92.3 Å². The molecule has 2 aromatic carbocycles. The highest BCUT2D eigenvalue weighted by Crippen LogP contribution is 2.18. The molecule has 1 atom stereocenters. The molecule has 0 saturated carbocycles. The summed E-state index contributed by atoms with van der Waals surface area (Å²) in [7, 11) is -3.93. The molecule has 0 bridgehead atoms. The van der Waals surface area contributed by atoms with Gasteiger partial charge in [-0.2, -0.15) is 0 Å². The number of hydrogen-bond donors (Lipinski definition) is 2. The van der Waals surface area contributed by atoms with Crippen LogP contribution in [0.2, 0.25) is 0 Å². The van der Waals surface area contributed by atoms with E-state index >= 15 is 0 Å². The first-order chi connectivity index (χ1) is 13.1. The zero-order chi connectivity index (χ0) is 20.9. The van der Waals surface area contributed by atoms with Gasteiger partial charge in [0.25, 0.3) is 10.0 Å². The van der Waals surface area contributed by atoms with Crippen LogP contribution in [0.1, 0.15) is 55.1 Å². The van der Waals surface area contributed by atoms with Crippen LogP contribution in [-0.4, -0.2) is 20.1 Å². The van der Waals surface area contributed by atoms with Crippen LogP contribution in [0.5, 0.6) is 0 Å². The highest BCUT2D eigenvalue weighted by molar-refractivity contribution is 7.89. The van der Waals surface area contributed by atoms with Crippen LogP contribution in [-0.2, 0) is 21.2 Å². The van der Waals surface area contributed by atoms with Crippen LogP contribution in [0.15, 0.2) is 53.4 Å². The molecule has 0 aromatic heterocycles. The molecule has 1 unspecified atom stereocenters. The predicted octanol–water partition coefficient (Wildman–Crippen LogP) is 3.20. The summed E-state index contributed by atoms with van der Waals surface area (Å²) in [5.74, 6) is -0.583. The number of nitrogens with one attached hydrogen (secondary N) is 2. The Labute approximate surface area is 166 Å². The third kappa shape index (κ3) is 5.74. The highest BCUT2D eigenvalue weighted by Gasteiger charge is 2.19. The second kappa shape index (κ2) is 9.12. The van der Waals surface area contributed by atoms with Gasteiger partial charge >= 0.3 is 0 Å². The quantitative estimate of drug-likeness (QED) is 0.524. The van der Waals surface area contributed by atoms with Crippen molar-refractivity contribution in [3.05, 3.63) is 65.2 Å². The van der Waals surface area contributed by atoms with Crippen LogP contribution < -0.4 is 10.3 Å². The molecule has 2 aromatic rings. The first-order valence-electron chi connectivity index (χ1n) is 9.11. The minimum atomic E-state index is -3.93. The zero-order valence-corrected chi connectivity index (χ0v) is 17.3. The number of carbonyl (C=O) groups is 2. The van der Waals surface area contributed by atoms with Crippen molar-refractivity contribution in [2.45, 2.75) is 44.9 Å². The molecule has 0 aliphatic heterocycles. The van der Waals surface area contributed by atoms with E-state index in [2.05, 4.69) is 24.1 Å². The van der Waals surface area contributed by atoms with E-state index in [-0.39, 0.29) is 10.7 Å². The molecule has 0 saturated heterocycles. The first-order valence-corrected chi connectivity index (χ1v) is 10.6. The fraction of sp³-hybridized carbons (Fsp3) is 0.333. The van der Waals surface area contributed by atoms with Gasteiger partial charge in [0, 0.05) is 5.56 Å². The minimum Gasteiger partial charge on any atom is -0.295 e. The highest BCUT2D eigenvalue weighted by atomic mass is 32.2. The zero-order valence-electron chi connectivity index (χ0n) is 16.5. The maximum atomic E-state index is 12.3. The van der Waals surface area contributed by atoms with Crippen LogP contribution in [0.25, 0.3) is 0 Å². The van der Waals surface area contributed by atoms with Crippen molar-refractivity contribution in [2.24, 2.45) is 5.92 Å². The third-order valence-corrected chi connectivity index (χ3v) is 5.66. The normalized spacial score (nSPS) is 12.6. The monoisotopic (exact) mass is 402 g/mol. The van der Waals surface area contributed by atoms with Crippen LogP contribution in [0, 0.1) is 5.92 Å². The number of rotatable bonds is 8. The lowest BCUT2D eigenvalue weighted by molar-refractivity contribution is -0.122. The average Bonchev–Trinajstić information content (AvgIpc) is 2.66. The van der Waals surface area contributed by atoms with Gasteiger partial charge in [0.05, 0.1) is 10.8 Å². The van der Waals surface area contributed by atoms with Crippen LogP contribution in [0.3, 0.4) is 0 Å². The van der Waals surface area contributed by atoms with Gasteiger partial charge in [0.15, 0.2) is 5.78 Å². The van der Waals surface area contributed by atoms with Gasteiger partial charge in [-0.15, -0.1) is 4.83 Å². The molecule has 0 aliphatic carbocycles. The summed E-state index contributed by atoms with van der Waals surface area (Å²) >= 11 is 0. The van der Waals surface area contributed by atoms with Crippen molar-refractivity contribution < 1.29 is 18.0 Å². The van der Waals surface area contributed by atoms with E-state index in [1.807, 2.05) is 24.3 Å². The second-order valence-electron chi connectivity index (χ2n) is 7.24. The van der Waals surface area contributed by atoms with Crippen LogP contribution in [0.4, 0.5) is 0 Å². The van der Waals surface area contributed by atoms with Gasteiger partial charge in [-0.05, 0) is 49.4 Å². The van der Waals surface area contributed by atoms with Crippen LogP contribution >= 0.6 is 0 Å². The Balaban J connectivity index is 2.00. The molecule has 2 rings (SSSR count). The van der Waals surface area contributed by atoms with Crippen molar-refractivity contribution in [3.63, 3.8) is 0 Å². The van der Waals surface area contributed by atoms with Crippen molar-refractivity contribution in [1.82, 2.24) is 10.3 Å². The van der Waals surface area contributed by atoms with Crippen molar-refractivity contribution in [2.75, 3.05) is 0 Å². The van der Waals surface area contributed by atoms with E-state index < -0.39 is 21.8 Å². The molecule has 6 nitrogen and oxygen atoms in total. The Kier molecular flexibility index (Phi) is 7.10. The fourth-order valence-electron chi connectivity index (χ4n) is 2.72. The number of Topliss-reactive ketones (excluding diaryl/α,β-unsaturated/α-hetero) is 1. The van der Waals surface area contributed by atoms with E-state index in [1.54, 1.807) is 6.92 Å². The number of ketones is 1. The van der Waals surface area contributed by atoms with E-state index in [4.69, 9.17) is 0 Å². The van der Waals surface area contributed by atoms with E-state index in [1.165, 1.54) is 36.8 Å². The summed E-state index contributed by atoms with van der Waals surface area (Å²) in [5, 5.41) is 0. The molecule has 0 radical (unpaired) electrons. The molecular weight excluding hydrogens is 376 g/mol. The van der Waals surface area contributed by atoms with E-state index in [0.29, 0.717) is 11.5 Å². The lowest BCUT2D eigenvalue weighted by Gasteiger charge is -2.14. The molecular formula is C21H26N2O4S. The van der Waals surface area contributed by atoms with E-state index in [0.717, 1.165) is 12.0 Å². The van der Waals surface area contributed by atoms with Crippen molar-refractivity contribution >= 4 is 21.7 Å². The summed E-state index contributed by atoms with van der Waals surface area (Å²) in [6.45, 7) is 7.40. The standard InChI is InChI=1S/C21H26N2O4S/c1-14(2)13-17-5-7-18(8-6-17)15(3)21(25)22-23-28(26,27)20-11-9-19(10-12-20)16(4)24/h5-12,14-15,23H,13H2,1-4H3,(H,22,25). The molecule has 1 amide bonds. The summed E-state index contributed by atoms with van der Waals surface area (Å²) < 4.78 is 24.6. The molecule has 28 heavy (non-hydrogen) atoms. The van der Waals surface area contributed by atoms with E-state index in [9.17, 15) is 18.0 Å². The second-order valence-corrected chi connectivity index (χ2v) is 8.92. The summed E-state index contributed by atoms with van der Waals surface area (Å²) in [6, 6.07) is 13.2. The molecule has 0 fully saturated rings. The Morgan fingerprint density at radius 3 is 2.00 bits per heavy atom. The number of sulfonamides is 1. The number of hydrazine groups is 1. The summed E-state index contributed by atoms with van der Waals surface area (Å²) in [5.41, 5.74) is 4.67. The van der Waals surface area contributed by atoms with Crippen molar-refractivity contribution in [3.8, 4) is 0 Å². The summed E-state index contributed by atoms with van der Waals surface area (Å²) in [4.78, 5) is 25.7. The predicted molar refractivity (Wildman–Crippen MR) is 108 cm³/mol. The fourth-order valence-corrected chi connectivity index (χ4v) is 3.57.